The van der Waals surface area contributed by atoms with Gasteiger partial charge in [0.05, 0.1) is 24.4 Å². The van der Waals surface area contributed by atoms with Crippen molar-refractivity contribution in [3.8, 4) is 0 Å². The number of anilines is 1. The van der Waals surface area contributed by atoms with E-state index < -0.39 is 0 Å². The average Bonchev–Trinajstić information content (AvgIpc) is 2.54. The van der Waals surface area contributed by atoms with Crippen LogP contribution in [0.5, 0.6) is 0 Å². The smallest absolute Gasteiger partial charge is 0.274 e. The fourth-order valence-electron chi connectivity index (χ4n) is 3.40. The van der Waals surface area contributed by atoms with Crippen molar-refractivity contribution in [3.63, 3.8) is 0 Å². The number of hydrogen-bond donors (Lipinski definition) is 0. The molecule has 0 bridgehead atoms. The van der Waals surface area contributed by atoms with E-state index in [0.29, 0.717) is 41.7 Å². The average molecular weight is 339 g/mol. The van der Waals surface area contributed by atoms with E-state index >= 15 is 0 Å². The van der Waals surface area contributed by atoms with Crippen LogP contribution in [0.25, 0.3) is 0 Å². The molecular weight excluding hydrogens is 316 g/mol. The van der Waals surface area contributed by atoms with Crippen LogP contribution in [0, 0.1) is 11.8 Å². The summed E-state index contributed by atoms with van der Waals surface area (Å²) in [4.78, 5) is 25.5. The molecule has 7 heteroatoms. The first-order valence-corrected chi connectivity index (χ1v) is 8.57. The van der Waals surface area contributed by atoms with Crippen molar-refractivity contribution >= 4 is 23.5 Å². The third-order valence-corrected chi connectivity index (χ3v) is 4.66. The van der Waals surface area contributed by atoms with E-state index in [2.05, 4.69) is 23.8 Å². The molecule has 1 aromatic rings. The monoisotopic (exact) mass is 338 g/mol. The predicted molar refractivity (Wildman–Crippen MR) is 88.9 cm³/mol. The Morgan fingerprint density at radius 3 is 2.57 bits per heavy atom. The Morgan fingerprint density at radius 1 is 1.26 bits per heavy atom. The van der Waals surface area contributed by atoms with Crippen LogP contribution in [-0.4, -0.2) is 60.2 Å². The molecule has 2 aliphatic rings. The number of aromatic nitrogens is 2. The van der Waals surface area contributed by atoms with E-state index in [1.165, 1.54) is 6.20 Å². The van der Waals surface area contributed by atoms with Gasteiger partial charge in [0, 0.05) is 26.2 Å². The molecule has 1 aromatic heterocycles. The second kappa shape index (κ2) is 7.01. The maximum atomic E-state index is 12.9. The summed E-state index contributed by atoms with van der Waals surface area (Å²) in [5, 5.41) is 0.317. The molecule has 3 heterocycles. The molecule has 0 radical (unpaired) electrons. The molecule has 126 valence electrons. The van der Waals surface area contributed by atoms with Gasteiger partial charge < -0.3 is 14.5 Å². The van der Waals surface area contributed by atoms with Crippen molar-refractivity contribution in [2.24, 2.45) is 11.8 Å². The highest BCUT2D eigenvalue weighted by Crippen LogP contribution is 2.25. The summed E-state index contributed by atoms with van der Waals surface area (Å²) < 4.78 is 5.34. The Labute approximate surface area is 141 Å². The van der Waals surface area contributed by atoms with Crippen molar-refractivity contribution in [3.05, 3.63) is 16.9 Å². The van der Waals surface area contributed by atoms with E-state index in [1.54, 1.807) is 0 Å². The number of carbonyl (C=O) groups excluding carboxylic acids is 1. The number of nitrogens with zero attached hydrogens (tertiary/aromatic N) is 4. The van der Waals surface area contributed by atoms with Crippen LogP contribution in [0.3, 0.4) is 0 Å². The summed E-state index contributed by atoms with van der Waals surface area (Å²) in [6, 6.07) is 0. The standard InChI is InChI=1S/C16H23ClN4O2/c1-11-7-12(2)10-21(9-11)15(22)14-13(17)8-18-16(19-14)20-3-5-23-6-4-20/h8,11-12H,3-7,9-10H2,1-2H3/t11-,12+. The molecule has 0 aromatic carbocycles. The zero-order valence-electron chi connectivity index (χ0n) is 13.7. The number of halogens is 1. The Kier molecular flexibility index (Phi) is 5.02. The van der Waals surface area contributed by atoms with Crippen LogP contribution in [-0.2, 0) is 4.74 Å². The Hall–Kier alpha value is -1.40. The molecule has 23 heavy (non-hydrogen) atoms. The number of ether oxygens (including phenoxy) is 1. The summed E-state index contributed by atoms with van der Waals surface area (Å²) in [5.74, 6) is 1.47. The van der Waals surface area contributed by atoms with E-state index in [1.807, 2.05) is 9.80 Å². The van der Waals surface area contributed by atoms with E-state index in [4.69, 9.17) is 16.3 Å². The lowest BCUT2D eigenvalue weighted by Crippen LogP contribution is -2.43. The molecule has 1 amide bonds. The molecule has 0 spiro atoms. The molecule has 2 aliphatic heterocycles. The highest BCUT2D eigenvalue weighted by molar-refractivity contribution is 6.33. The van der Waals surface area contributed by atoms with Crippen LogP contribution in [0.1, 0.15) is 30.8 Å². The summed E-state index contributed by atoms with van der Waals surface area (Å²) in [7, 11) is 0. The van der Waals surface area contributed by atoms with Crippen molar-refractivity contribution in [1.82, 2.24) is 14.9 Å². The summed E-state index contributed by atoms with van der Waals surface area (Å²) in [6.07, 6.45) is 2.68. The second-order valence-corrected chi connectivity index (χ2v) is 7.03. The number of rotatable bonds is 2. The van der Waals surface area contributed by atoms with Crippen molar-refractivity contribution in [2.45, 2.75) is 20.3 Å². The van der Waals surface area contributed by atoms with E-state index in [0.717, 1.165) is 32.6 Å². The van der Waals surface area contributed by atoms with Gasteiger partial charge in [-0.15, -0.1) is 0 Å². The quantitative estimate of drug-likeness (QED) is 0.826. The van der Waals surface area contributed by atoms with Gasteiger partial charge in [-0.2, -0.15) is 0 Å². The van der Waals surface area contributed by atoms with Crippen LogP contribution in [0.4, 0.5) is 5.95 Å². The van der Waals surface area contributed by atoms with Crippen LogP contribution >= 0.6 is 11.6 Å². The topological polar surface area (TPSA) is 58.6 Å². The molecule has 0 aliphatic carbocycles. The fraction of sp³-hybridized carbons (Fsp3) is 0.688. The van der Waals surface area contributed by atoms with Gasteiger partial charge in [0.25, 0.3) is 5.91 Å². The number of likely N-dealkylation sites (tertiary alicyclic amines) is 1. The zero-order valence-corrected chi connectivity index (χ0v) is 14.4. The number of piperidine rings is 1. The van der Waals surface area contributed by atoms with Gasteiger partial charge >= 0.3 is 0 Å². The van der Waals surface area contributed by atoms with E-state index in [9.17, 15) is 4.79 Å². The number of amides is 1. The lowest BCUT2D eigenvalue weighted by atomic mass is 9.92. The molecule has 0 N–H and O–H groups in total. The Balaban J connectivity index is 1.81. The maximum absolute atomic E-state index is 12.9. The van der Waals surface area contributed by atoms with Gasteiger partial charge in [0.2, 0.25) is 5.95 Å². The normalized spacial score (nSPS) is 25.5. The van der Waals surface area contributed by atoms with Gasteiger partial charge in [-0.05, 0) is 18.3 Å². The van der Waals surface area contributed by atoms with Crippen molar-refractivity contribution in [2.75, 3.05) is 44.3 Å². The van der Waals surface area contributed by atoms with Crippen molar-refractivity contribution < 1.29 is 9.53 Å². The lowest BCUT2D eigenvalue weighted by molar-refractivity contribution is 0.0617. The Morgan fingerprint density at radius 2 is 1.91 bits per heavy atom. The summed E-state index contributed by atoms with van der Waals surface area (Å²) in [6.45, 7) is 8.63. The van der Waals surface area contributed by atoms with Crippen molar-refractivity contribution in [1.29, 1.82) is 0 Å². The number of carbonyl (C=O) groups is 1. The summed E-state index contributed by atoms with van der Waals surface area (Å²) in [5.41, 5.74) is 0.310. The lowest BCUT2D eigenvalue weighted by Gasteiger charge is -2.35. The van der Waals surface area contributed by atoms with Gasteiger partial charge in [0.15, 0.2) is 5.69 Å². The zero-order chi connectivity index (χ0) is 16.4. The van der Waals surface area contributed by atoms with Gasteiger partial charge in [-0.25, -0.2) is 9.97 Å². The molecule has 6 nitrogen and oxygen atoms in total. The molecule has 3 rings (SSSR count). The molecule has 2 saturated heterocycles. The molecule has 0 unspecified atom stereocenters. The molecule has 0 saturated carbocycles. The largest absolute Gasteiger partial charge is 0.378 e. The third-order valence-electron chi connectivity index (χ3n) is 4.38. The molecular formula is C16H23ClN4O2. The van der Waals surface area contributed by atoms with Gasteiger partial charge in [-0.1, -0.05) is 25.4 Å². The molecule has 2 atom stereocenters. The number of morpholine rings is 1. The highest BCUT2D eigenvalue weighted by Gasteiger charge is 2.29. The van der Waals surface area contributed by atoms with Crippen LogP contribution < -0.4 is 4.90 Å². The van der Waals surface area contributed by atoms with E-state index in [-0.39, 0.29) is 5.91 Å². The summed E-state index contributed by atoms with van der Waals surface area (Å²) >= 11 is 6.21. The minimum Gasteiger partial charge on any atom is -0.378 e. The van der Waals surface area contributed by atoms with Crippen LogP contribution in [0.15, 0.2) is 6.20 Å². The first-order chi connectivity index (χ1) is 11.0. The maximum Gasteiger partial charge on any atom is 0.274 e. The van der Waals surface area contributed by atoms with Gasteiger partial charge in [0.1, 0.15) is 0 Å². The second-order valence-electron chi connectivity index (χ2n) is 6.62. The first-order valence-electron chi connectivity index (χ1n) is 8.19. The predicted octanol–water partition coefficient (Wildman–Crippen LogP) is 2.08. The molecule has 2 fully saturated rings. The SMILES string of the molecule is C[C@@H]1C[C@H](C)CN(C(=O)c2nc(N3CCOCC3)ncc2Cl)C1. The minimum absolute atomic E-state index is 0.0923. The Bertz CT molecular complexity index is 567. The highest BCUT2D eigenvalue weighted by atomic mass is 35.5. The number of hydrogen-bond acceptors (Lipinski definition) is 5. The minimum atomic E-state index is -0.0923. The van der Waals surface area contributed by atoms with Gasteiger partial charge in [-0.3, -0.25) is 4.79 Å². The third kappa shape index (κ3) is 3.75. The van der Waals surface area contributed by atoms with Crippen LogP contribution in [0.2, 0.25) is 5.02 Å². The fourth-order valence-corrected chi connectivity index (χ4v) is 3.57. The first kappa shape index (κ1) is 16.5.